The lowest BCUT2D eigenvalue weighted by molar-refractivity contribution is 0.527. The molecule has 1 nitrogen and oxygen atoms in total. The van der Waals surface area contributed by atoms with Gasteiger partial charge >= 0.3 is 0 Å². The maximum Gasteiger partial charge on any atom is 0.0140 e. The van der Waals surface area contributed by atoms with Crippen LogP contribution in [0.5, 0.6) is 0 Å². The molecule has 0 spiro atoms. The quantitative estimate of drug-likeness (QED) is 0.811. The summed E-state index contributed by atoms with van der Waals surface area (Å²) in [6.45, 7) is 3.34. The fourth-order valence-electron chi connectivity index (χ4n) is 2.39. The van der Waals surface area contributed by atoms with Crippen molar-refractivity contribution in [1.29, 1.82) is 0 Å². The lowest BCUT2D eigenvalue weighted by atomic mass is 10.1. The van der Waals surface area contributed by atoms with Crippen LogP contribution in [0, 0.1) is 5.92 Å². The van der Waals surface area contributed by atoms with Crippen molar-refractivity contribution in [2.75, 3.05) is 6.54 Å². The number of nitrogens with one attached hydrogen (secondary N) is 1. The second-order valence-electron chi connectivity index (χ2n) is 4.84. The number of benzene rings is 1. The van der Waals surface area contributed by atoms with Gasteiger partial charge in [0.25, 0.3) is 0 Å². The molecule has 2 rings (SSSR count). The highest BCUT2D eigenvalue weighted by Crippen LogP contribution is 2.24. The van der Waals surface area contributed by atoms with E-state index in [1.54, 1.807) is 0 Å². The highest BCUT2D eigenvalue weighted by molar-refractivity contribution is 5.48. The third-order valence-corrected chi connectivity index (χ3v) is 3.33. The smallest absolute Gasteiger partial charge is 0.0140 e. The van der Waals surface area contributed by atoms with Crippen LogP contribution in [-0.4, -0.2) is 12.6 Å². The van der Waals surface area contributed by atoms with Crippen LogP contribution in [0.2, 0.25) is 0 Å². The fourth-order valence-corrected chi connectivity index (χ4v) is 2.39. The molecule has 0 heterocycles. The maximum atomic E-state index is 3.60. The molecule has 0 radical (unpaired) electrons. The van der Waals surface area contributed by atoms with Crippen molar-refractivity contribution in [1.82, 2.24) is 5.32 Å². The van der Waals surface area contributed by atoms with E-state index in [9.17, 15) is 0 Å². The minimum Gasteiger partial charge on any atom is -0.311 e. The van der Waals surface area contributed by atoms with Crippen molar-refractivity contribution < 1.29 is 0 Å². The van der Waals surface area contributed by atoms with Gasteiger partial charge in [-0.05, 0) is 30.7 Å². The van der Waals surface area contributed by atoms with E-state index in [1.165, 1.54) is 24.8 Å². The summed E-state index contributed by atoms with van der Waals surface area (Å²) in [6.07, 6.45) is 8.49. The van der Waals surface area contributed by atoms with Gasteiger partial charge in [-0.25, -0.2) is 0 Å². The Morgan fingerprint density at radius 2 is 2.06 bits per heavy atom. The Hall–Kier alpha value is -1.08. The topological polar surface area (TPSA) is 12.0 Å². The van der Waals surface area contributed by atoms with E-state index in [1.807, 2.05) is 0 Å². The summed E-state index contributed by atoms with van der Waals surface area (Å²) in [6, 6.07) is 11.2. The third-order valence-electron chi connectivity index (χ3n) is 3.33. The zero-order valence-electron chi connectivity index (χ0n) is 10.0. The summed E-state index contributed by atoms with van der Waals surface area (Å²) in [5.41, 5.74) is 1.28. The lowest BCUT2D eigenvalue weighted by Crippen LogP contribution is -2.26. The van der Waals surface area contributed by atoms with Crippen molar-refractivity contribution in [3.63, 3.8) is 0 Å². The lowest BCUT2D eigenvalue weighted by Gasteiger charge is -2.09. The summed E-state index contributed by atoms with van der Waals surface area (Å²) >= 11 is 0. The van der Waals surface area contributed by atoms with Crippen LogP contribution >= 0.6 is 0 Å². The molecular formula is C15H21N. The molecule has 2 atom stereocenters. The first-order valence-electron chi connectivity index (χ1n) is 6.29. The molecule has 0 amide bonds. The Morgan fingerprint density at radius 1 is 1.25 bits per heavy atom. The fraction of sp³-hybridized carbons (Fsp3) is 0.467. The Kier molecular flexibility index (Phi) is 4.17. The van der Waals surface area contributed by atoms with Crippen LogP contribution < -0.4 is 5.32 Å². The van der Waals surface area contributed by atoms with Crippen LogP contribution in [0.4, 0.5) is 0 Å². The van der Waals surface area contributed by atoms with E-state index in [0.29, 0.717) is 0 Å². The van der Waals surface area contributed by atoms with Gasteiger partial charge in [0.05, 0.1) is 0 Å². The molecule has 1 fully saturated rings. The molecule has 16 heavy (non-hydrogen) atoms. The first-order chi connectivity index (χ1) is 7.84. The molecule has 1 aliphatic rings. The monoisotopic (exact) mass is 215 g/mol. The highest BCUT2D eigenvalue weighted by Gasteiger charge is 2.19. The van der Waals surface area contributed by atoms with Crippen LogP contribution in [0.3, 0.4) is 0 Å². The third kappa shape index (κ3) is 3.49. The highest BCUT2D eigenvalue weighted by atomic mass is 14.9. The Labute approximate surface area is 98.6 Å². The van der Waals surface area contributed by atoms with Crippen molar-refractivity contribution in [3.8, 4) is 0 Å². The molecule has 1 aromatic rings. The average Bonchev–Trinajstić information content (AvgIpc) is 2.72. The molecule has 0 aromatic heterocycles. The van der Waals surface area contributed by atoms with E-state index in [2.05, 4.69) is 54.7 Å². The largest absolute Gasteiger partial charge is 0.311 e. The number of hydrogen-bond acceptors (Lipinski definition) is 1. The minimum atomic E-state index is 0.746. The van der Waals surface area contributed by atoms with Crippen LogP contribution in [0.1, 0.15) is 31.7 Å². The Bertz CT molecular complexity index is 329. The molecule has 1 N–H and O–H groups in total. The summed E-state index contributed by atoms with van der Waals surface area (Å²) in [7, 11) is 0. The zero-order valence-corrected chi connectivity index (χ0v) is 10.0. The van der Waals surface area contributed by atoms with Gasteiger partial charge in [-0.3, -0.25) is 0 Å². The van der Waals surface area contributed by atoms with Gasteiger partial charge in [0.2, 0.25) is 0 Å². The van der Waals surface area contributed by atoms with Gasteiger partial charge < -0.3 is 5.32 Å². The predicted molar refractivity (Wildman–Crippen MR) is 70.3 cm³/mol. The van der Waals surface area contributed by atoms with Gasteiger partial charge in [-0.15, -0.1) is 0 Å². The van der Waals surface area contributed by atoms with Crippen LogP contribution in [0.15, 0.2) is 36.4 Å². The minimum absolute atomic E-state index is 0.746. The van der Waals surface area contributed by atoms with E-state index < -0.39 is 0 Å². The van der Waals surface area contributed by atoms with Crippen LogP contribution in [-0.2, 0) is 0 Å². The second-order valence-corrected chi connectivity index (χ2v) is 4.84. The van der Waals surface area contributed by atoms with E-state index in [-0.39, 0.29) is 0 Å². The molecule has 2 unspecified atom stereocenters. The molecule has 0 bridgehead atoms. The molecular weight excluding hydrogens is 194 g/mol. The molecule has 1 aromatic carbocycles. The first-order valence-corrected chi connectivity index (χ1v) is 6.29. The molecule has 1 aliphatic carbocycles. The Balaban J connectivity index is 1.70. The van der Waals surface area contributed by atoms with Crippen molar-refractivity contribution >= 4 is 6.08 Å². The van der Waals surface area contributed by atoms with Gasteiger partial charge in [-0.2, -0.15) is 0 Å². The van der Waals surface area contributed by atoms with Crippen molar-refractivity contribution in [2.24, 2.45) is 5.92 Å². The standard InChI is InChI=1S/C15H21N/c1-13-9-10-15(12-13)16-11-5-8-14-6-3-2-4-7-14/h2-8,13,15-16H,9-12H2,1H3/b8-5+. The number of rotatable bonds is 4. The van der Waals surface area contributed by atoms with Crippen molar-refractivity contribution in [2.45, 2.75) is 32.2 Å². The molecule has 0 aliphatic heterocycles. The van der Waals surface area contributed by atoms with Gasteiger partial charge in [0, 0.05) is 12.6 Å². The van der Waals surface area contributed by atoms with E-state index in [4.69, 9.17) is 0 Å². The van der Waals surface area contributed by atoms with Gasteiger partial charge in [-0.1, -0.05) is 49.4 Å². The zero-order chi connectivity index (χ0) is 11.2. The van der Waals surface area contributed by atoms with Crippen LogP contribution in [0.25, 0.3) is 6.08 Å². The molecule has 86 valence electrons. The molecule has 0 saturated heterocycles. The predicted octanol–water partition coefficient (Wildman–Crippen LogP) is 3.48. The maximum absolute atomic E-state index is 3.60. The van der Waals surface area contributed by atoms with Gasteiger partial charge in [0.1, 0.15) is 0 Å². The molecule has 1 saturated carbocycles. The Morgan fingerprint density at radius 3 is 2.75 bits per heavy atom. The first kappa shape index (κ1) is 11.4. The summed E-state index contributed by atoms with van der Waals surface area (Å²) in [4.78, 5) is 0. The summed E-state index contributed by atoms with van der Waals surface area (Å²) < 4.78 is 0. The SMILES string of the molecule is CC1CCC(NC/C=C/c2ccccc2)C1. The van der Waals surface area contributed by atoms with E-state index >= 15 is 0 Å². The number of hydrogen-bond donors (Lipinski definition) is 1. The van der Waals surface area contributed by atoms with Gasteiger partial charge in [0.15, 0.2) is 0 Å². The van der Waals surface area contributed by atoms with E-state index in [0.717, 1.165) is 18.5 Å². The molecule has 1 heteroatoms. The van der Waals surface area contributed by atoms with Crippen molar-refractivity contribution in [3.05, 3.63) is 42.0 Å². The summed E-state index contributed by atoms with van der Waals surface area (Å²) in [5.74, 6) is 0.913. The second kappa shape index (κ2) is 5.86. The summed E-state index contributed by atoms with van der Waals surface area (Å²) in [5, 5.41) is 3.60. The normalized spacial score (nSPS) is 25.3. The average molecular weight is 215 g/mol.